The summed E-state index contributed by atoms with van der Waals surface area (Å²) in [6.07, 6.45) is 0. The number of anilines is 1. The Hall–Kier alpha value is -2.14. The van der Waals surface area contributed by atoms with Crippen LogP contribution in [0.3, 0.4) is 0 Å². The summed E-state index contributed by atoms with van der Waals surface area (Å²) in [7, 11) is 3.42. The van der Waals surface area contributed by atoms with Crippen molar-refractivity contribution in [2.24, 2.45) is 0 Å². The zero-order chi connectivity index (χ0) is 13.7. The van der Waals surface area contributed by atoms with Crippen LogP contribution in [0.15, 0.2) is 30.3 Å². The van der Waals surface area contributed by atoms with Crippen molar-refractivity contribution in [3.63, 3.8) is 0 Å². The third kappa shape index (κ3) is 3.00. The predicted molar refractivity (Wildman–Crippen MR) is 75.5 cm³/mol. The van der Waals surface area contributed by atoms with E-state index in [4.69, 9.17) is 4.74 Å². The second-order valence-corrected chi connectivity index (χ2v) is 4.07. The molecule has 0 unspecified atom stereocenters. The number of nitrogens with one attached hydrogen (secondary N) is 2. The van der Waals surface area contributed by atoms with Gasteiger partial charge in [0.15, 0.2) is 0 Å². The highest BCUT2D eigenvalue weighted by Gasteiger charge is 2.10. The van der Waals surface area contributed by atoms with Gasteiger partial charge in [-0.1, -0.05) is 18.2 Å². The third-order valence-electron chi connectivity index (χ3n) is 2.81. The van der Waals surface area contributed by atoms with Gasteiger partial charge in [-0.25, -0.2) is 4.98 Å². The number of carbonyl (C=O) groups excluding carboxylic acids is 1. The van der Waals surface area contributed by atoms with E-state index >= 15 is 0 Å². The summed E-state index contributed by atoms with van der Waals surface area (Å²) < 4.78 is 4.90. The number of methoxy groups -OCH3 is 1. The molecule has 0 aliphatic rings. The van der Waals surface area contributed by atoms with Gasteiger partial charge in [-0.05, 0) is 12.1 Å². The lowest BCUT2D eigenvalue weighted by Gasteiger charge is -2.09. The summed E-state index contributed by atoms with van der Waals surface area (Å²) in [5.74, 6) is -0.195. The number of ether oxygens (including phenoxy) is 1. The van der Waals surface area contributed by atoms with E-state index in [9.17, 15) is 4.79 Å². The fraction of sp³-hybridized carbons (Fsp3) is 0.286. The summed E-state index contributed by atoms with van der Waals surface area (Å²) >= 11 is 0. The molecule has 0 atom stereocenters. The molecular weight excluding hydrogens is 242 g/mol. The predicted octanol–water partition coefficient (Wildman–Crippen LogP) is 1.65. The molecule has 100 valence electrons. The van der Waals surface area contributed by atoms with E-state index in [2.05, 4.69) is 15.6 Å². The molecule has 0 radical (unpaired) electrons. The fourth-order valence-electron chi connectivity index (χ4n) is 1.86. The van der Waals surface area contributed by atoms with E-state index in [-0.39, 0.29) is 5.91 Å². The van der Waals surface area contributed by atoms with Crippen molar-refractivity contribution < 1.29 is 9.53 Å². The molecule has 0 spiro atoms. The molecule has 2 rings (SSSR count). The van der Waals surface area contributed by atoms with Gasteiger partial charge in [0.1, 0.15) is 5.69 Å². The molecule has 0 bridgehead atoms. The van der Waals surface area contributed by atoms with Crippen LogP contribution in [0, 0.1) is 0 Å². The number of aromatic nitrogens is 1. The molecule has 1 aromatic carbocycles. The van der Waals surface area contributed by atoms with E-state index in [0.29, 0.717) is 18.8 Å². The van der Waals surface area contributed by atoms with Crippen molar-refractivity contribution in [3.8, 4) is 0 Å². The average molecular weight is 259 g/mol. The van der Waals surface area contributed by atoms with Gasteiger partial charge in [-0.3, -0.25) is 4.79 Å². The summed E-state index contributed by atoms with van der Waals surface area (Å²) in [5, 5.41) is 6.85. The molecule has 1 amide bonds. The molecule has 0 saturated heterocycles. The van der Waals surface area contributed by atoms with Crippen molar-refractivity contribution in [1.82, 2.24) is 10.3 Å². The highest BCUT2D eigenvalue weighted by Crippen LogP contribution is 2.22. The lowest BCUT2D eigenvalue weighted by atomic mass is 10.1. The van der Waals surface area contributed by atoms with Crippen molar-refractivity contribution in [3.05, 3.63) is 36.0 Å². The number of carbonyl (C=O) groups is 1. The SMILES string of the molecule is CNc1cc(C(=O)NCCOC)nc2ccccc12. The summed E-state index contributed by atoms with van der Waals surface area (Å²) in [6.45, 7) is 0.955. The number of rotatable bonds is 5. The summed E-state index contributed by atoms with van der Waals surface area (Å²) in [5.41, 5.74) is 2.09. The number of hydrogen-bond donors (Lipinski definition) is 2. The van der Waals surface area contributed by atoms with E-state index in [1.165, 1.54) is 0 Å². The van der Waals surface area contributed by atoms with Crippen LogP contribution in [0.25, 0.3) is 10.9 Å². The molecule has 5 heteroatoms. The Morgan fingerprint density at radius 3 is 2.89 bits per heavy atom. The van der Waals surface area contributed by atoms with Crippen molar-refractivity contribution in [2.75, 3.05) is 32.6 Å². The Morgan fingerprint density at radius 1 is 1.37 bits per heavy atom. The van der Waals surface area contributed by atoms with Crippen LogP contribution < -0.4 is 10.6 Å². The molecular formula is C14H17N3O2. The molecule has 0 aliphatic heterocycles. The van der Waals surface area contributed by atoms with Gasteiger partial charge in [0, 0.05) is 31.8 Å². The van der Waals surface area contributed by atoms with Crippen LogP contribution in [-0.2, 0) is 4.74 Å². The molecule has 1 heterocycles. The van der Waals surface area contributed by atoms with E-state index in [0.717, 1.165) is 16.6 Å². The van der Waals surface area contributed by atoms with E-state index in [1.807, 2.05) is 31.3 Å². The quantitative estimate of drug-likeness (QED) is 0.801. The first-order chi connectivity index (χ1) is 9.26. The van der Waals surface area contributed by atoms with E-state index < -0.39 is 0 Å². The van der Waals surface area contributed by atoms with Gasteiger partial charge in [0.2, 0.25) is 0 Å². The molecule has 0 saturated carbocycles. The molecule has 5 nitrogen and oxygen atoms in total. The lowest BCUT2D eigenvalue weighted by molar-refractivity contribution is 0.0932. The first-order valence-electron chi connectivity index (χ1n) is 6.11. The standard InChI is InChI=1S/C14H17N3O2/c1-15-12-9-13(14(18)16-7-8-19-2)17-11-6-4-3-5-10(11)12/h3-6,9H,7-8H2,1-2H3,(H,15,17)(H,16,18). The highest BCUT2D eigenvalue weighted by atomic mass is 16.5. The Morgan fingerprint density at radius 2 is 2.16 bits per heavy atom. The van der Waals surface area contributed by atoms with Crippen LogP contribution in [0.5, 0.6) is 0 Å². The Kier molecular flexibility index (Phi) is 4.30. The number of benzene rings is 1. The topological polar surface area (TPSA) is 63.2 Å². The van der Waals surface area contributed by atoms with Gasteiger partial charge < -0.3 is 15.4 Å². The van der Waals surface area contributed by atoms with Crippen LogP contribution in [-0.4, -0.2) is 38.2 Å². The lowest BCUT2D eigenvalue weighted by Crippen LogP contribution is -2.27. The average Bonchev–Trinajstić information content (AvgIpc) is 2.46. The molecule has 0 aliphatic carbocycles. The van der Waals surface area contributed by atoms with Gasteiger partial charge in [-0.2, -0.15) is 0 Å². The largest absolute Gasteiger partial charge is 0.388 e. The molecule has 2 aromatic rings. The maximum atomic E-state index is 12.0. The monoisotopic (exact) mass is 259 g/mol. The van der Waals surface area contributed by atoms with Crippen LogP contribution in [0.4, 0.5) is 5.69 Å². The number of fused-ring (bicyclic) bond motifs is 1. The number of para-hydroxylation sites is 1. The second-order valence-electron chi connectivity index (χ2n) is 4.07. The highest BCUT2D eigenvalue weighted by molar-refractivity contribution is 5.99. The van der Waals surface area contributed by atoms with Gasteiger partial charge >= 0.3 is 0 Å². The Balaban J connectivity index is 2.31. The van der Waals surface area contributed by atoms with Gasteiger partial charge in [0.25, 0.3) is 5.91 Å². The minimum Gasteiger partial charge on any atom is -0.388 e. The minimum absolute atomic E-state index is 0.195. The second kappa shape index (κ2) is 6.15. The number of hydrogen-bond acceptors (Lipinski definition) is 4. The maximum Gasteiger partial charge on any atom is 0.270 e. The van der Waals surface area contributed by atoms with Crippen LogP contribution in [0.2, 0.25) is 0 Å². The van der Waals surface area contributed by atoms with Crippen LogP contribution in [0.1, 0.15) is 10.5 Å². The molecule has 2 N–H and O–H groups in total. The third-order valence-corrected chi connectivity index (χ3v) is 2.81. The van der Waals surface area contributed by atoms with Gasteiger partial charge in [0.05, 0.1) is 12.1 Å². The normalized spacial score (nSPS) is 10.4. The molecule has 19 heavy (non-hydrogen) atoms. The zero-order valence-electron chi connectivity index (χ0n) is 11.1. The van der Waals surface area contributed by atoms with E-state index in [1.54, 1.807) is 13.2 Å². The van der Waals surface area contributed by atoms with Crippen LogP contribution >= 0.6 is 0 Å². The minimum atomic E-state index is -0.195. The smallest absolute Gasteiger partial charge is 0.270 e. The first-order valence-corrected chi connectivity index (χ1v) is 6.11. The summed E-state index contributed by atoms with van der Waals surface area (Å²) in [4.78, 5) is 16.3. The molecule has 0 fully saturated rings. The number of pyridine rings is 1. The van der Waals surface area contributed by atoms with Crippen molar-refractivity contribution in [1.29, 1.82) is 0 Å². The molecule has 1 aromatic heterocycles. The zero-order valence-corrected chi connectivity index (χ0v) is 11.1. The summed E-state index contributed by atoms with van der Waals surface area (Å²) in [6, 6.07) is 9.47. The Bertz CT molecular complexity index is 584. The van der Waals surface area contributed by atoms with Gasteiger partial charge in [-0.15, -0.1) is 0 Å². The van der Waals surface area contributed by atoms with Crippen molar-refractivity contribution in [2.45, 2.75) is 0 Å². The fourth-order valence-corrected chi connectivity index (χ4v) is 1.86. The Labute approximate surface area is 112 Å². The first kappa shape index (κ1) is 13.3. The number of nitrogens with zero attached hydrogens (tertiary/aromatic N) is 1. The number of amides is 1. The van der Waals surface area contributed by atoms with Crippen molar-refractivity contribution >= 4 is 22.5 Å². The maximum absolute atomic E-state index is 12.0.